The minimum absolute atomic E-state index is 0.132. The molecule has 0 amide bonds. The summed E-state index contributed by atoms with van der Waals surface area (Å²) in [5.74, 6) is 0.316. The summed E-state index contributed by atoms with van der Waals surface area (Å²) in [6, 6.07) is 12.2. The zero-order chi connectivity index (χ0) is 13.8. The van der Waals surface area contributed by atoms with Crippen LogP contribution in [-0.4, -0.2) is 14.2 Å². The van der Waals surface area contributed by atoms with Crippen LogP contribution < -0.4 is 10.1 Å². The Balaban J connectivity index is 2.53. The minimum Gasteiger partial charge on any atom is -0.496 e. The normalized spacial score (nSPS) is 12.2. The summed E-state index contributed by atoms with van der Waals surface area (Å²) in [6.45, 7) is 0. The molecule has 0 aliphatic heterocycles. The number of methoxy groups -OCH3 is 1. The first-order valence-corrected chi connectivity index (χ1v) is 6.31. The van der Waals surface area contributed by atoms with Gasteiger partial charge >= 0.3 is 0 Å². The SMILES string of the molecule is CNC(c1ccccc1OC)c1cccc(F)c1Cl. The largest absolute Gasteiger partial charge is 0.496 e. The lowest BCUT2D eigenvalue weighted by Gasteiger charge is -2.21. The van der Waals surface area contributed by atoms with Gasteiger partial charge in [-0.3, -0.25) is 0 Å². The molecule has 2 rings (SSSR count). The average molecular weight is 280 g/mol. The number of halogens is 2. The van der Waals surface area contributed by atoms with E-state index in [1.54, 1.807) is 26.3 Å². The Bertz CT molecular complexity index is 574. The van der Waals surface area contributed by atoms with Gasteiger partial charge in [0, 0.05) is 5.56 Å². The molecule has 4 heteroatoms. The third kappa shape index (κ3) is 2.72. The molecule has 0 aliphatic carbocycles. The van der Waals surface area contributed by atoms with E-state index >= 15 is 0 Å². The number of para-hydroxylation sites is 1. The van der Waals surface area contributed by atoms with Crippen molar-refractivity contribution in [2.45, 2.75) is 6.04 Å². The van der Waals surface area contributed by atoms with Crippen molar-refractivity contribution in [3.05, 3.63) is 64.4 Å². The second-order valence-corrected chi connectivity index (χ2v) is 4.48. The van der Waals surface area contributed by atoms with Crippen LogP contribution in [0.4, 0.5) is 4.39 Å². The lowest BCUT2D eigenvalue weighted by atomic mass is 9.98. The number of nitrogens with one attached hydrogen (secondary N) is 1. The van der Waals surface area contributed by atoms with Crippen LogP contribution in [0.2, 0.25) is 5.02 Å². The van der Waals surface area contributed by atoms with Crippen molar-refractivity contribution in [3.8, 4) is 5.75 Å². The Morgan fingerprint density at radius 3 is 2.47 bits per heavy atom. The van der Waals surface area contributed by atoms with Crippen LogP contribution in [0.5, 0.6) is 5.75 Å². The number of hydrogen-bond acceptors (Lipinski definition) is 2. The van der Waals surface area contributed by atoms with Crippen LogP contribution in [0.3, 0.4) is 0 Å². The van der Waals surface area contributed by atoms with Crippen LogP contribution in [0, 0.1) is 5.82 Å². The van der Waals surface area contributed by atoms with E-state index in [0.717, 1.165) is 11.3 Å². The van der Waals surface area contributed by atoms with Gasteiger partial charge in [-0.2, -0.15) is 0 Å². The molecule has 1 N–H and O–H groups in total. The van der Waals surface area contributed by atoms with Crippen molar-refractivity contribution in [2.24, 2.45) is 0 Å². The molecule has 1 unspecified atom stereocenters. The standard InChI is InChI=1S/C15H15ClFNO/c1-18-15(10-6-3-4-9-13(10)19-2)11-7-5-8-12(17)14(11)16/h3-9,15,18H,1-2H3. The topological polar surface area (TPSA) is 21.3 Å². The summed E-state index contributed by atoms with van der Waals surface area (Å²) in [7, 11) is 3.41. The highest BCUT2D eigenvalue weighted by molar-refractivity contribution is 6.31. The van der Waals surface area contributed by atoms with Crippen molar-refractivity contribution in [1.29, 1.82) is 0 Å². The molecule has 0 saturated carbocycles. The summed E-state index contributed by atoms with van der Waals surface area (Å²) in [5.41, 5.74) is 1.61. The molecule has 100 valence electrons. The van der Waals surface area contributed by atoms with Crippen LogP contribution in [0.15, 0.2) is 42.5 Å². The first-order valence-electron chi connectivity index (χ1n) is 5.93. The van der Waals surface area contributed by atoms with Gasteiger partial charge in [0.15, 0.2) is 0 Å². The smallest absolute Gasteiger partial charge is 0.142 e. The van der Waals surface area contributed by atoms with Crippen LogP contribution >= 0.6 is 11.6 Å². The number of benzene rings is 2. The van der Waals surface area contributed by atoms with Crippen LogP contribution in [0.25, 0.3) is 0 Å². The quantitative estimate of drug-likeness (QED) is 0.919. The first-order chi connectivity index (χ1) is 9.19. The molecular weight excluding hydrogens is 265 g/mol. The van der Waals surface area contributed by atoms with Gasteiger partial charge in [0.05, 0.1) is 18.2 Å². The van der Waals surface area contributed by atoms with E-state index in [-0.39, 0.29) is 11.1 Å². The molecule has 1 atom stereocenters. The van der Waals surface area contributed by atoms with Gasteiger partial charge in [0.2, 0.25) is 0 Å². The van der Waals surface area contributed by atoms with Crippen molar-refractivity contribution in [1.82, 2.24) is 5.32 Å². The fraction of sp³-hybridized carbons (Fsp3) is 0.200. The lowest BCUT2D eigenvalue weighted by molar-refractivity contribution is 0.405. The first kappa shape index (κ1) is 13.8. The molecule has 0 saturated heterocycles. The molecule has 2 nitrogen and oxygen atoms in total. The minimum atomic E-state index is -0.422. The van der Waals surface area contributed by atoms with E-state index in [0.29, 0.717) is 5.56 Å². The van der Waals surface area contributed by atoms with Gasteiger partial charge in [-0.05, 0) is 24.7 Å². The fourth-order valence-corrected chi connectivity index (χ4v) is 2.36. The highest BCUT2D eigenvalue weighted by Crippen LogP contribution is 2.34. The molecule has 0 heterocycles. The van der Waals surface area contributed by atoms with E-state index in [2.05, 4.69) is 5.32 Å². The predicted molar refractivity (Wildman–Crippen MR) is 75.3 cm³/mol. The van der Waals surface area contributed by atoms with E-state index in [9.17, 15) is 4.39 Å². The van der Waals surface area contributed by atoms with Crippen LogP contribution in [-0.2, 0) is 0 Å². The molecule has 2 aromatic rings. The fourth-order valence-electron chi connectivity index (χ4n) is 2.13. The van der Waals surface area contributed by atoms with Crippen LogP contribution in [0.1, 0.15) is 17.2 Å². The molecule has 19 heavy (non-hydrogen) atoms. The van der Waals surface area contributed by atoms with Crippen molar-refractivity contribution < 1.29 is 9.13 Å². The summed E-state index contributed by atoms with van der Waals surface area (Å²) >= 11 is 6.06. The molecule has 0 radical (unpaired) electrons. The highest BCUT2D eigenvalue weighted by atomic mass is 35.5. The number of rotatable bonds is 4. The van der Waals surface area contributed by atoms with Crippen molar-refractivity contribution in [3.63, 3.8) is 0 Å². The van der Waals surface area contributed by atoms with Gasteiger partial charge in [0.1, 0.15) is 11.6 Å². The Morgan fingerprint density at radius 1 is 1.11 bits per heavy atom. The molecule has 0 bridgehead atoms. The van der Waals surface area contributed by atoms with E-state index in [1.165, 1.54) is 6.07 Å². The maximum Gasteiger partial charge on any atom is 0.142 e. The Kier molecular flexibility index (Phi) is 4.40. The van der Waals surface area contributed by atoms with Crippen molar-refractivity contribution >= 4 is 11.6 Å². The summed E-state index contributed by atoms with van der Waals surface area (Å²) in [4.78, 5) is 0. The van der Waals surface area contributed by atoms with Gasteiger partial charge in [-0.1, -0.05) is 41.9 Å². The Morgan fingerprint density at radius 2 is 1.79 bits per heavy atom. The summed E-state index contributed by atoms with van der Waals surface area (Å²) in [6.07, 6.45) is 0. The molecule has 0 fully saturated rings. The average Bonchev–Trinajstić information content (AvgIpc) is 2.45. The van der Waals surface area contributed by atoms with Gasteiger partial charge < -0.3 is 10.1 Å². The molecule has 0 aliphatic rings. The number of hydrogen-bond donors (Lipinski definition) is 1. The second-order valence-electron chi connectivity index (χ2n) is 4.11. The summed E-state index contributed by atoms with van der Waals surface area (Å²) < 4.78 is 18.9. The zero-order valence-electron chi connectivity index (χ0n) is 10.8. The maximum absolute atomic E-state index is 13.6. The molecule has 0 aromatic heterocycles. The van der Waals surface area contributed by atoms with Gasteiger partial charge in [-0.15, -0.1) is 0 Å². The molecule has 2 aromatic carbocycles. The monoisotopic (exact) mass is 279 g/mol. The van der Waals surface area contributed by atoms with E-state index in [1.807, 2.05) is 24.3 Å². The van der Waals surface area contributed by atoms with E-state index < -0.39 is 5.82 Å². The number of ether oxygens (including phenoxy) is 1. The Labute approximate surface area is 117 Å². The van der Waals surface area contributed by atoms with Crippen molar-refractivity contribution in [2.75, 3.05) is 14.2 Å². The molecule has 0 spiro atoms. The third-order valence-corrected chi connectivity index (χ3v) is 3.43. The van der Waals surface area contributed by atoms with Gasteiger partial charge in [-0.25, -0.2) is 4.39 Å². The second kappa shape index (κ2) is 6.04. The highest BCUT2D eigenvalue weighted by Gasteiger charge is 2.20. The lowest BCUT2D eigenvalue weighted by Crippen LogP contribution is -2.19. The van der Waals surface area contributed by atoms with E-state index in [4.69, 9.17) is 16.3 Å². The molecular formula is C15H15ClFNO. The maximum atomic E-state index is 13.6. The zero-order valence-corrected chi connectivity index (χ0v) is 11.5. The third-order valence-electron chi connectivity index (χ3n) is 3.03. The Hall–Kier alpha value is -1.58. The summed E-state index contributed by atoms with van der Waals surface area (Å²) in [5, 5.41) is 3.28. The predicted octanol–water partition coefficient (Wildman–Crippen LogP) is 3.80. The van der Waals surface area contributed by atoms with Gasteiger partial charge in [0.25, 0.3) is 0 Å².